The largest absolute Gasteiger partial charge is 0.480 e. The van der Waals surface area contributed by atoms with E-state index >= 15 is 0 Å². The number of aromatic nitrogens is 2. The maximum absolute atomic E-state index is 10.7. The SMILES string of the molecule is CNC(CSc1nnc(N(C)C)s1)C(=O)O. The second kappa shape index (κ2) is 6.02. The van der Waals surface area contributed by atoms with Crippen molar-refractivity contribution in [2.24, 2.45) is 0 Å². The first-order chi connectivity index (χ1) is 7.54. The first-order valence-corrected chi connectivity index (χ1v) is 6.38. The molecular formula is C8H14N4O2S2. The van der Waals surface area contributed by atoms with Gasteiger partial charge in [0.1, 0.15) is 6.04 Å². The van der Waals surface area contributed by atoms with E-state index in [1.807, 2.05) is 19.0 Å². The predicted molar refractivity (Wildman–Crippen MR) is 65.4 cm³/mol. The summed E-state index contributed by atoms with van der Waals surface area (Å²) in [4.78, 5) is 12.6. The second-order valence-corrected chi connectivity index (χ2v) is 5.46. The van der Waals surface area contributed by atoms with Gasteiger partial charge >= 0.3 is 5.97 Å². The van der Waals surface area contributed by atoms with Crippen LogP contribution in [0.3, 0.4) is 0 Å². The van der Waals surface area contributed by atoms with Crippen molar-refractivity contribution in [1.82, 2.24) is 15.5 Å². The molecule has 0 spiro atoms. The number of carboxylic acids is 1. The third-order valence-electron chi connectivity index (χ3n) is 1.80. The molecule has 90 valence electrons. The number of hydrogen-bond acceptors (Lipinski definition) is 7. The van der Waals surface area contributed by atoms with Gasteiger partial charge in [-0.3, -0.25) is 4.79 Å². The van der Waals surface area contributed by atoms with Crippen LogP contribution in [0.1, 0.15) is 0 Å². The fourth-order valence-corrected chi connectivity index (χ4v) is 2.76. The fraction of sp³-hybridized carbons (Fsp3) is 0.625. The molecule has 1 aromatic heterocycles. The standard InChI is InChI=1S/C8H14N4O2S2/c1-9-5(6(13)14)4-15-8-11-10-7(16-8)12(2)3/h5,9H,4H2,1-3H3,(H,13,14). The zero-order valence-corrected chi connectivity index (χ0v) is 10.9. The fourth-order valence-electron chi connectivity index (χ4n) is 0.874. The van der Waals surface area contributed by atoms with E-state index in [4.69, 9.17) is 5.11 Å². The molecule has 1 heterocycles. The van der Waals surface area contributed by atoms with Crippen LogP contribution in [-0.4, -0.2) is 54.2 Å². The molecule has 1 aromatic rings. The van der Waals surface area contributed by atoms with Gasteiger partial charge in [0.15, 0.2) is 4.34 Å². The molecule has 0 aliphatic rings. The summed E-state index contributed by atoms with van der Waals surface area (Å²) in [5.41, 5.74) is 0. The molecule has 0 amide bonds. The molecule has 0 saturated heterocycles. The van der Waals surface area contributed by atoms with Gasteiger partial charge in [0, 0.05) is 19.8 Å². The monoisotopic (exact) mass is 262 g/mol. The number of carboxylic acid groups (broad SMARTS) is 1. The maximum atomic E-state index is 10.7. The van der Waals surface area contributed by atoms with Crippen LogP contribution in [0.2, 0.25) is 0 Å². The average Bonchev–Trinajstić information content (AvgIpc) is 2.67. The molecule has 16 heavy (non-hydrogen) atoms. The Morgan fingerprint density at radius 1 is 1.62 bits per heavy atom. The third-order valence-corrected chi connectivity index (χ3v) is 4.12. The number of hydrogen-bond donors (Lipinski definition) is 2. The quantitative estimate of drug-likeness (QED) is 0.717. The van der Waals surface area contributed by atoms with Crippen LogP contribution in [0.25, 0.3) is 0 Å². The van der Waals surface area contributed by atoms with Crippen LogP contribution in [-0.2, 0) is 4.79 Å². The molecule has 1 unspecified atom stereocenters. The van der Waals surface area contributed by atoms with Gasteiger partial charge in [-0.05, 0) is 7.05 Å². The van der Waals surface area contributed by atoms with Gasteiger partial charge in [-0.15, -0.1) is 10.2 Å². The van der Waals surface area contributed by atoms with E-state index in [1.165, 1.54) is 23.1 Å². The Morgan fingerprint density at radius 2 is 2.31 bits per heavy atom. The van der Waals surface area contributed by atoms with Gasteiger partial charge in [-0.1, -0.05) is 23.1 Å². The maximum Gasteiger partial charge on any atom is 0.321 e. The minimum atomic E-state index is -0.854. The zero-order chi connectivity index (χ0) is 12.1. The van der Waals surface area contributed by atoms with Gasteiger partial charge in [-0.25, -0.2) is 0 Å². The van der Waals surface area contributed by atoms with Crippen LogP contribution in [0, 0.1) is 0 Å². The van der Waals surface area contributed by atoms with Gasteiger partial charge in [0.2, 0.25) is 5.13 Å². The predicted octanol–water partition coefficient (Wildman–Crippen LogP) is 0.369. The Kier molecular flexibility index (Phi) is 4.97. The van der Waals surface area contributed by atoms with Crippen molar-refractivity contribution >= 4 is 34.2 Å². The van der Waals surface area contributed by atoms with Crippen molar-refractivity contribution in [1.29, 1.82) is 0 Å². The highest BCUT2D eigenvalue weighted by molar-refractivity contribution is 8.01. The lowest BCUT2D eigenvalue weighted by atomic mass is 10.3. The second-order valence-electron chi connectivity index (χ2n) is 3.24. The third kappa shape index (κ3) is 3.62. The number of nitrogens with zero attached hydrogens (tertiary/aromatic N) is 3. The van der Waals surface area contributed by atoms with E-state index < -0.39 is 12.0 Å². The topological polar surface area (TPSA) is 78.4 Å². The molecule has 2 N–H and O–H groups in total. The van der Waals surface area contributed by atoms with Crippen molar-refractivity contribution in [3.8, 4) is 0 Å². The molecule has 1 atom stereocenters. The lowest BCUT2D eigenvalue weighted by Crippen LogP contribution is -2.35. The zero-order valence-electron chi connectivity index (χ0n) is 9.30. The molecule has 0 fully saturated rings. The normalized spacial score (nSPS) is 12.4. The molecule has 0 aromatic carbocycles. The van der Waals surface area contributed by atoms with Crippen molar-refractivity contribution in [3.63, 3.8) is 0 Å². The van der Waals surface area contributed by atoms with Crippen molar-refractivity contribution in [2.45, 2.75) is 10.4 Å². The van der Waals surface area contributed by atoms with Crippen LogP contribution in [0.15, 0.2) is 4.34 Å². The van der Waals surface area contributed by atoms with Gasteiger partial charge in [0.05, 0.1) is 0 Å². The van der Waals surface area contributed by atoms with E-state index in [0.717, 1.165) is 9.47 Å². The van der Waals surface area contributed by atoms with E-state index in [0.29, 0.717) is 5.75 Å². The smallest absolute Gasteiger partial charge is 0.321 e. The highest BCUT2D eigenvalue weighted by Crippen LogP contribution is 2.27. The summed E-state index contributed by atoms with van der Waals surface area (Å²) in [6.07, 6.45) is 0. The average molecular weight is 262 g/mol. The number of likely N-dealkylation sites (N-methyl/N-ethyl adjacent to an activating group) is 1. The van der Waals surface area contributed by atoms with E-state index in [9.17, 15) is 4.79 Å². The Bertz CT molecular complexity index is 356. The molecule has 8 heteroatoms. The summed E-state index contributed by atoms with van der Waals surface area (Å²) in [6, 6.07) is -0.559. The van der Waals surface area contributed by atoms with Gasteiger partial charge in [-0.2, -0.15) is 0 Å². The number of anilines is 1. The number of nitrogens with one attached hydrogen (secondary N) is 1. The summed E-state index contributed by atoms with van der Waals surface area (Å²) in [5, 5.41) is 20.3. The molecule has 0 aliphatic heterocycles. The van der Waals surface area contributed by atoms with Crippen LogP contribution in [0.5, 0.6) is 0 Å². The Hall–Kier alpha value is -0.860. The molecule has 0 bridgehead atoms. The van der Waals surface area contributed by atoms with Crippen LogP contribution < -0.4 is 10.2 Å². The Morgan fingerprint density at radius 3 is 2.75 bits per heavy atom. The number of carbonyl (C=O) groups is 1. The molecule has 0 aliphatic carbocycles. The lowest BCUT2D eigenvalue weighted by Gasteiger charge is -2.08. The summed E-state index contributed by atoms with van der Waals surface area (Å²) >= 11 is 2.85. The number of aliphatic carboxylic acids is 1. The Balaban J connectivity index is 2.50. The number of thioether (sulfide) groups is 1. The van der Waals surface area contributed by atoms with Gasteiger partial charge < -0.3 is 15.3 Å². The van der Waals surface area contributed by atoms with E-state index in [-0.39, 0.29) is 0 Å². The highest BCUT2D eigenvalue weighted by atomic mass is 32.2. The summed E-state index contributed by atoms with van der Waals surface area (Å²) in [5.74, 6) is -0.416. The van der Waals surface area contributed by atoms with Gasteiger partial charge in [0.25, 0.3) is 0 Å². The van der Waals surface area contributed by atoms with E-state index in [2.05, 4.69) is 15.5 Å². The highest BCUT2D eigenvalue weighted by Gasteiger charge is 2.16. The van der Waals surface area contributed by atoms with Crippen LogP contribution in [0.4, 0.5) is 5.13 Å². The summed E-state index contributed by atoms with van der Waals surface area (Å²) < 4.78 is 0.783. The number of rotatable bonds is 6. The Labute approximate surface area is 102 Å². The van der Waals surface area contributed by atoms with Crippen molar-refractivity contribution in [2.75, 3.05) is 31.8 Å². The summed E-state index contributed by atoms with van der Waals surface area (Å²) in [6.45, 7) is 0. The first-order valence-electron chi connectivity index (χ1n) is 4.58. The van der Waals surface area contributed by atoms with Crippen molar-refractivity contribution in [3.05, 3.63) is 0 Å². The summed E-state index contributed by atoms with van der Waals surface area (Å²) in [7, 11) is 5.41. The minimum Gasteiger partial charge on any atom is -0.480 e. The molecular weight excluding hydrogens is 248 g/mol. The molecule has 6 nitrogen and oxygen atoms in total. The van der Waals surface area contributed by atoms with E-state index in [1.54, 1.807) is 7.05 Å². The lowest BCUT2D eigenvalue weighted by molar-refractivity contribution is -0.138. The minimum absolute atomic E-state index is 0.438. The van der Waals surface area contributed by atoms with Crippen molar-refractivity contribution < 1.29 is 9.90 Å². The molecule has 0 radical (unpaired) electrons. The molecule has 1 rings (SSSR count). The van der Waals surface area contributed by atoms with Crippen LogP contribution >= 0.6 is 23.1 Å². The first kappa shape index (κ1) is 13.2. The molecule has 0 saturated carbocycles.